The maximum absolute atomic E-state index is 13.1. The van der Waals surface area contributed by atoms with E-state index >= 15 is 0 Å². The zero-order valence-electron chi connectivity index (χ0n) is 19.4. The molecule has 4 rings (SSSR count). The topological polar surface area (TPSA) is 82.6 Å². The van der Waals surface area contributed by atoms with Crippen molar-refractivity contribution in [2.45, 2.75) is 31.1 Å². The summed E-state index contributed by atoms with van der Waals surface area (Å²) < 4.78 is 28.5. The van der Waals surface area contributed by atoms with E-state index < -0.39 is 10.0 Å². The summed E-state index contributed by atoms with van der Waals surface area (Å²) in [7, 11) is -3.81. The molecule has 8 heteroatoms. The van der Waals surface area contributed by atoms with Crippen LogP contribution in [0.2, 0.25) is 0 Å². The molecule has 3 aromatic rings. The second kappa shape index (κ2) is 10.7. The fourth-order valence-corrected chi connectivity index (χ4v) is 5.14. The molecule has 2 aromatic carbocycles. The van der Waals surface area contributed by atoms with E-state index in [4.69, 9.17) is 0 Å². The highest BCUT2D eigenvalue weighted by atomic mass is 32.2. The lowest BCUT2D eigenvalue weighted by Gasteiger charge is -2.36. The number of unbranched alkanes of at least 4 members (excludes halogenated alkanes) is 1. The third-order valence-electron chi connectivity index (χ3n) is 6.01. The van der Waals surface area contributed by atoms with Gasteiger partial charge < -0.3 is 9.80 Å². The summed E-state index contributed by atoms with van der Waals surface area (Å²) in [5.74, 6) is -0.160. The maximum atomic E-state index is 13.1. The van der Waals surface area contributed by atoms with Gasteiger partial charge in [0.05, 0.1) is 4.90 Å². The lowest BCUT2D eigenvalue weighted by molar-refractivity contribution is 0.0746. The van der Waals surface area contributed by atoms with Crippen molar-refractivity contribution >= 4 is 27.3 Å². The molecule has 0 spiro atoms. The summed E-state index contributed by atoms with van der Waals surface area (Å²) in [5, 5.41) is 0. The summed E-state index contributed by atoms with van der Waals surface area (Å²) in [5.41, 5.74) is 3.14. The number of aromatic nitrogens is 1. The van der Waals surface area contributed by atoms with Gasteiger partial charge in [0, 0.05) is 55.5 Å². The molecule has 1 fully saturated rings. The number of aryl methyl sites for hydroxylation is 1. The van der Waals surface area contributed by atoms with Crippen LogP contribution in [0.5, 0.6) is 0 Å². The van der Waals surface area contributed by atoms with Crippen molar-refractivity contribution in [3.63, 3.8) is 0 Å². The molecule has 0 aliphatic carbocycles. The van der Waals surface area contributed by atoms with Gasteiger partial charge in [-0.1, -0.05) is 31.5 Å². The van der Waals surface area contributed by atoms with E-state index in [0.717, 1.165) is 24.9 Å². The fourth-order valence-electron chi connectivity index (χ4n) is 4.04. The number of rotatable bonds is 8. The van der Waals surface area contributed by atoms with Crippen LogP contribution in [-0.4, -0.2) is 50.4 Å². The van der Waals surface area contributed by atoms with Crippen molar-refractivity contribution in [3.8, 4) is 0 Å². The predicted octanol–water partition coefficient (Wildman–Crippen LogP) is 4.19. The summed E-state index contributed by atoms with van der Waals surface area (Å²) in [4.78, 5) is 21.2. The Morgan fingerprint density at radius 2 is 1.68 bits per heavy atom. The Hall–Kier alpha value is -3.39. The van der Waals surface area contributed by atoms with Crippen LogP contribution in [0.25, 0.3) is 0 Å². The molecule has 1 aromatic heterocycles. The van der Waals surface area contributed by atoms with Crippen LogP contribution in [0.3, 0.4) is 0 Å². The standard InChI is InChI=1S/C26H30N4O3S/c1-2-3-5-21-8-10-23(11-9-21)28-34(32,33)25-7-4-6-22(20-25)26(31)30-18-16-29(17-19-30)24-12-14-27-15-13-24/h4,6-15,20,28H,2-3,5,16-19H2,1H3. The number of piperazine rings is 1. The fraction of sp³-hybridized carbons (Fsp3) is 0.308. The van der Waals surface area contributed by atoms with Crippen molar-refractivity contribution in [2.24, 2.45) is 0 Å². The lowest BCUT2D eigenvalue weighted by atomic mass is 10.1. The highest BCUT2D eigenvalue weighted by Crippen LogP contribution is 2.20. The number of nitrogens with zero attached hydrogens (tertiary/aromatic N) is 3. The highest BCUT2D eigenvalue weighted by molar-refractivity contribution is 7.92. The van der Waals surface area contributed by atoms with Crippen LogP contribution in [0.4, 0.5) is 11.4 Å². The monoisotopic (exact) mass is 478 g/mol. The molecule has 0 saturated carbocycles. The van der Waals surface area contributed by atoms with E-state index in [2.05, 4.69) is 21.5 Å². The number of benzene rings is 2. The van der Waals surface area contributed by atoms with Crippen molar-refractivity contribution in [2.75, 3.05) is 35.8 Å². The number of hydrogen-bond acceptors (Lipinski definition) is 5. The lowest BCUT2D eigenvalue weighted by Crippen LogP contribution is -2.48. The Morgan fingerprint density at radius 3 is 2.35 bits per heavy atom. The van der Waals surface area contributed by atoms with Crippen molar-refractivity contribution in [1.82, 2.24) is 9.88 Å². The van der Waals surface area contributed by atoms with Crippen molar-refractivity contribution in [1.29, 1.82) is 0 Å². The van der Waals surface area contributed by atoms with Gasteiger partial charge in [0.2, 0.25) is 0 Å². The number of amides is 1. The largest absolute Gasteiger partial charge is 0.368 e. The van der Waals surface area contributed by atoms with Gasteiger partial charge in [-0.2, -0.15) is 0 Å². The zero-order valence-corrected chi connectivity index (χ0v) is 20.2. The molecular formula is C26H30N4O3S. The van der Waals surface area contributed by atoms with E-state index in [-0.39, 0.29) is 10.8 Å². The third kappa shape index (κ3) is 5.75. The molecule has 0 atom stereocenters. The van der Waals surface area contributed by atoms with Crippen LogP contribution in [-0.2, 0) is 16.4 Å². The zero-order chi connectivity index (χ0) is 24.0. The number of carbonyl (C=O) groups is 1. The van der Waals surface area contributed by atoms with Gasteiger partial charge in [-0.05, 0) is 60.9 Å². The molecule has 1 amide bonds. The molecule has 7 nitrogen and oxygen atoms in total. The first kappa shape index (κ1) is 23.8. The first-order valence-corrected chi connectivity index (χ1v) is 13.1. The minimum Gasteiger partial charge on any atom is -0.368 e. The molecule has 178 valence electrons. The van der Waals surface area contributed by atoms with Gasteiger partial charge in [-0.25, -0.2) is 8.42 Å². The van der Waals surface area contributed by atoms with E-state index in [0.29, 0.717) is 37.4 Å². The predicted molar refractivity (Wildman–Crippen MR) is 135 cm³/mol. The molecule has 1 aliphatic heterocycles. The Labute approximate surface area is 201 Å². The Balaban J connectivity index is 1.41. The highest BCUT2D eigenvalue weighted by Gasteiger charge is 2.24. The Morgan fingerprint density at radius 1 is 0.971 bits per heavy atom. The van der Waals surface area contributed by atoms with E-state index in [9.17, 15) is 13.2 Å². The molecule has 0 bridgehead atoms. The molecule has 0 radical (unpaired) electrons. The Bertz CT molecular complexity index is 1210. The molecule has 2 heterocycles. The number of anilines is 2. The van der Waals surface area contributed by atoms with E-state index in [1.54, 1.807) is 41.6 Å². The van der Waals surface area contributed by atoms with Crippen LogP contribution in [0, 0.1) is 0 Å². The summed E-state index contributed by atoms with van der Waals surface area (Å²) in [6, 6.07) is 17.6. The number of sulfonamides is 1. The molecular weight excluding hydrogens is 448 g/mol. The summed E-state index contributed by atoms with van der Waals surface area (Å²) in [6.07, 6.45) is 6.71. The molecule has 1 N–H and O–H groups in total. The van der Waals surface area contributed by atoms with Crippen molar-refractivity contribution < 1.29 is 13.2 Å². The van der Waals surface area contributed by atoms with Gasteiger partial charge >= 0.3 is 0 Å². The molecule has 34 heavy (non-hydrogen) atoms. The van der Waals surface area contributed by atoms with E-state index in [1.165, 1.54) is 17.7 Å². The van der Waals surface area contributed by atoms with Gasteiger partial charge in [0.15, 0.2) is 0 Å². The number of hydrogen-bond donors (Lipinski definition) is 1. The third-order valence-corrected chi connectivity index (χ3v) is 7.39. The average molecular weight is 479 g/mol. The van der Waals surface area contributed by atoms with Crippen LogP contribution >= 0.6 is 0 Å². The maximum Gasteiger partial charge on any atom is 0.261 e. The van der Waals surface area contributed by atoms with Crippen LogP contribution in [0.15, 0.2) is 78.0 Å². The first-order chi connectivity index (χ1) is 16.5. The molecule has 1 aliphatic rings. The average Bonchev–Trinajstić information content (AvgIpc) is 2.88. The van der Waals surface area contributed by atoms with Gasteiger partial charge in [-0.3, -0.25) is 14.5 Å². The van der Waals surface area contributed by atoms with Crippen molar-refractivity contribution in [3.05, 3.63) is 84.2 Å². The second-order valence-corrected chi connectivity index (χ2v) is 10.1. The summed E-state index contributed by atoms with van der Waals surface area (Å²) >= 11 is 0. The molecule has 0 unspecified atom stereocenters. The Kier molecular flexibility index (Phi) is 7.47. The minimum absolute atomic E-state index is 0.0730. The molecule has 1 saturated heterocycles. The number of nitrogens with one attached hydrogen (secondary N) is 1. The minimum atomic E-state index is -3.81. The van der Waals surface area contributed by atoms with Crippen LogP contribution in [0.1, 0.15) is 35.7 Å². The summed E-state index contributed by atoms with van der Waals surface area (Å²) in [6.45, 7) is 4.71. The first-order valence-electron chi connectivity index (χ1n) is 11.6. The van der Waals surface area contributed by atoms with Gasteiger partial charge in [0.25, 0.3) is 15.9 Å². The second-order valence-electron chi connectivity index (χ2n) is 8.42. The van der Waals surface area contributed by atoms with Crippen LogP contribution < -0.4 is 9.62 Å². The number of carbonyl (C=O) groups excluding carboxylic acids is 1. The van der Waals surface area contributed by atoms with Gasteiger partial charge in [0.1, 0.15) is 0 Å². The normalized spacial score (nSPS) is 14.1. The smallest absolute Gasteiger partial charge is 0.261 e. The number of pyridine rings is 1. The SMILES string of the molecule is CCCCc1ccc(NS(=O)(=O)c2cccc(C(=O)N3CCN(c4ccncc4)CC3)c2)cc1. The van der Waals surface area contributed by atoms with Gasteiger partial charge in [-0.15, -0.1) is 0 Å². The quantitative estimate of drug-likeness (QED) is 0.525. The van der Waals surface area contributed by atoms with E-state index in [1.807, 2.05) is 24.3 Å².